The zero-order valence-electron chi connectivity index (χ0n) is 9.93. The van der Waals surface area contributed by atoms with Crippen LogP contribution in [0.25, 0.3) is 0 Å². The zero-order valence-corrected chi connectivity index (χ0v) is 9.93. The predicted molar refractivity (Wildman–Crippen MR) is 62.5 cm³/mol. The number of rotatable bonds is 5. The molecule has 0 bridgehead atoms. The highest BCUT2D eigenvalue weighted by Gasteiger charge is 2.21. The summed E-state index contributed by atoms with van der Waals surface area (Å²) in [5.41, 5.74) is 0.792. The number of aliphatic carboxylic acids is 1. The molecule has 0 unspecified atom stereocenters. The summed E-state index contributed by atoms with van der Waals surface area (Å²) in [5.74, 6) is -1.59. The third kappa shape index (κ3) is 4.22. The van der Waals surface area contributed by atoms with Gasteiger partial charge in [0.15, 0.2) is 0 Å². The Balaban J connectivity index is 2.56. The standard InChI is InChI=1S/C12H16N2O3/c1-12(2,9-3-5-13-6-4-9)8-14-10(15)7-11(16)17/h3-6H,7-8H2,1-2H3,(H,14,15)(H,16,17). The normalized spacial score (nSPS) is 10.9. The van der Waals surface area contributed by atoms with Crippen molar-refractivity contribution in [2.75, 3.05) is 6.54 Å². The highest BCUT2D eigenvalue weighted by Crippen LogP contribution is 2.21. The number of nitrogens with one attached hydrogen (secondary N) is 1. The molecule has 0 aliphatic heterocycles. The Morgan fingerprint density at radius 2 is 1.94 bits per heavy atom. The molecular formula is C12H16N2O3. The van der Waals surface area contributed by atoms with Gasteiger partial charge in [-0.3, -0.25) is 14.6 Å². The van der Waals surface area contributed by atoms with Crippen molar-refractivity contribution in [3.05, 3.63) is 30.1 Å². The Hall–Kier alpha value is -1.91. The van der Waals surface area contributed by atoms with Gasteiger partial charge < -0.3 is 10.4 Å². The molecule has 1 amide bonds. The first-order valence-corrected chi connectivity index (χ1v) is 5.31. The second-order valence-electron chi connectivity index (χ2n) is 4.47. The number of carboxylic acid groups (broad SMARTS) is 1. The van der Waals surface area contributed by atoms with E-state index < -0.39 is 18.3 Å². The highest BCUT2D eigenvalue weighted by molar-refractivity contribution is 5.93. The minimum Gasteiger partial charge on any atom is -0.481 e. The first-order valence-electron chi connectivity index (χ1n) is 5.31. The van der Waals surface area contributed by atoms with Crippen molar-refractivity contribution in [2.24, 2.45) is 0 Å². The fourth-order valence-corrected chi connectivity index (χ4v) is 1.42. The number of hydrogen-bond acceptors (Lipinski definition) is 3. The summed E-state index contributed by atoms with van der Waals surface area (Å²) < 4.78 is 0. The molecule has 0 aromatic carbocycles. The highest BCUT2D eigenvalue weighted by atomic mass is 16.4. The molecule has 2 N–H and O–H groups in total. The van der Waals surface area contributed by atoms with Crippen LogP contribution >= 0.6 is 0 Å². The SMILES string of the molecule is CC(C)(CNC(=O)CC(=O)O)c1ccncc1. The summed E-state index contributed by atoms with van der Waals surface area (Å²) in [6, 6.07) is 3.76. The van der Waals surface area contributed by atoms with Crippen LogP contribution in [-0.2, 0) is 15.0 Å². The van der Waals surface area contributed by atoms with E-state index in [2.05, 4.69) is 10.3 Å². The maximum Gasteiger partial charge on any atom is 0.312 e. The Bertz CT molecular complexity index is 401. The second kappa shape index (κ2) is 5.43. The van der Waals surface area contributed by atoms with E-state index in [1.165, 1.54) is 0 Å². The summed E-state index contributed by atoms with van der Waals surface area (Å²) in [5, 5.41) is 11.1. The smallest absolute Gasteiger partial charge is 0.312 e. The average molecular weight is 236 g/mol. The molecule has 0 atom stereocenters. The maximum absolute atomic E-state index is 11.2. The minimum absolute atomic E-state index is 0.253. The molecule has 5 nitrogen and oxygen atoms in total. The molecule has 5 heteroatoms. The number of carbonyl (C=O) groups excluding carboxylic acids is 1. The number of carbonyl (C=O) groups is 2. The molecule has 1 rings (SSSR count). The lowest BCUT2D eigenvalue weighted by molar-refractivity contribution is -0.140. The largest absolute Gasteiger partial charge is 0.481 e. The summed E-state index contributed by atoms with van der Waals surface area (Å²) in [4.78, 5) is 25.5. The summed E-state index contributed by atoms with van der Waals surface area (Å²) in [6.45, 7) is 4.34. The second-order valence-corrected chi connectivity index (χ2v) is 4.47. The monoisotopic (exact) mass is 236 g/mol. The van der Waals surface area contributed by atoms with Crippen LogP contribution in [0.1, 0.15) is 25.8 Å². The van der Waals surface area contributed by atoms with E-state index in [1.54, 1.807) is 12.4 Å². The van der Waals surface area contributed by atoms with Crippen LogP contribution in [0.4, 0.5) is 0 Å². The van der Waals surface area contributed by atoms with Crippen LogP contribution < -0.4 is 5.32 Å². The summed E-state index contributed by atoms with van der Waals surface area (Å²) >= 11 is 0. The van der Waals surface area contributed by atoms with Crippen molar-refractivity contribution in [2.45, 2.75) is 25.7 Å². The minimum atomic E-state index is -1.12. The van der Waals surface area contributed by atoms with Crippen LogP contribution in [-0.4, -0.2) is 28.5 Å². The van der Waals surface area contributed by atoms with Crippen molar-refractivity contribution in [3.63, 3.8) is 0 Å². The topological polar surface area (TPSA) is 79.3 Å². The number of pyridine rings is 1. The van der Waals surface area contributed by atoms with Gasteiger partial charge in [0.1, 0.15) is 6.42 Å². The van der Waals surface area contributed by atoms with Gasteiger partial charge in [-0.2, -0.15) is 0 Å². The molecule has 1 aromatic heterocycles. The van der Waals surface area contributed by atoms with E-state index in [0.717, 1.165) is 5.56 Å². The fourth-order valence-electron chi connectivity index (χ4n) is 1.42. The van der Waals surface area contributed by atoms with Gasteiger partial charge in [-0.25, -0.2) is 0 Å². The average Bonchev–Trinajstić information content (AvgIpc) is 2.27. The lowest BCUT2D eigenvalue weighted by Crippen LogP contribution is -2.37. The van der Waals surface area contributed by atoms with E-state index in [-0.39, 0.29) is 5.41 Å². The first kappa shape index (κ1) is 13.2. The van der Waals surface area contributed by atoms with Gasteiger partial charge in [0.25, 0.3) is 0 Å². The molecule has 0 fully saturated rings. The van der Waals surface area contributed by atoms with E-state index in [9.17, 15) is 9.59 Å². The van der Waals surface area contributed by atoms with Crippen molar-refractivity contribution < 1.29 is 14.7 Å². The fraction of sp³-hybridized carbons (Fsp3) is 0.417. The molecule has 0 spiro atoms. The van der Waals surface area contributed by atoms with Gasteiger partial charge in [0.2, 0.25) is 5.91 Å². The lowest BCUT2D eigenvalue weighted by atomic mass is 9.85. The quantitative estimate of drug-likeness (QED) is 0.746. The van der Waals surface area contributed by atoms with Gasteiger partial charge in [-0.05, 0) is 17.7 Å². The van der Waals surface area contributed by atoms with Gasteiger partial charge >= 0.3 is 5.97 Å². The Kier molecular flexibility index (Phi) is 4.20. The molecule has 0 saturated carbocycles. The van der Waals surface area contributed by atoms with E-state index in [0.29, 0.717) is 6.54 Å². The number of carboxylic acids is 1. The van der Waals surface area contributed by atoms with Crippen LogP contribution in [0.3, 0.4) is 0 Å². The molecule has 0 aliphatic rings. The van der Waals surface area contributed by atoms with Gasteiger partial charge in [-0.15, -0.1) is 0 Å². The van der Waals surface area contributed by atoms with Gasteiger partial charge in [0.05, 0.1) is 0 Å². The molecule has 0 saturated heterocycles. The van der Waals surface area contributed by atoms with E-state index in [1.807, 2.05) is 26.0 Å². The van der Waals surface area contributed by atoms with Gasteiger partial charge in [-0.1, -0.05) is 13.8 Å². The van der Waals surface area contributed by atoms with Crippen LogP contribution in [0.5, 0.6) is 0 Å². The Morgan fingerprint density at radius 1 is 1.35 bits per heavy atom. The Labute approximate surface area is 99.9 Å². The van der Waals surface area contributed by atoms with Crippen LogP contribution in [0.15, 0.2) is 24.5 Å². The molecule has 92 valence electrons. The first-order chi connectivity index (χ1) is 7.92. The summed E-state index contributed by atoms with van der Waals surface area (Å²) in [6.07, 6.45) is 2.89. The number of nitrogens with zero attached hydrogens (tertiary/aromatic N) is 1. The molecular weight excluding hydrogens is 220 g/mol. The zero-order chi connectivity index (χ0) is 12.9. The molecule has 1 heterocycles. The van der Waals surface area contributed by atoms with Crippen LogP contribution in [0, 0.1) is 0 Å². The number of aromatic nitrogens is 1. The maximum atomic E-state index is 11.2. The molecule has 1 aromatic rings. The lowest BCUT2D eigenvalue weighted by Gasteiger charge is -2.25. The van der Waals surface area contributed by atoms with E-state index in [4.69, 9.17) is 5.11 Å². The Morgan fingerprint density at radius 3 is 2.47 bits per heavy atom. The molecule has 0 radical (unpaired) electrons. The van der Waals surface area contributed by atoms with Crippen molar-refractivity contribution in [1.29, 1.82) is 0 Å². The summed E-state index contributed by atoms with van der Waals surface area (Å²) in [7, 11) is 0. The molecule has 0 aliphatic carbocycles. The van der Waals surface area contributed by atoms with Crippen molar-refractivity contribution in [3.8, 4) is 0 Å². The van der Waals surface area contributed by atoms with Crippen LogP contribution in [0.2, 0.25) is 0 Å². The van der Waals surface area contributed by atoms with Crippen molar-refractivity contribution in [1.82, 2.24) is 10.3 Å². The van der Waals surface area contributed by atoms with Gasteiger partial charge in [0, 0.05) is 24.4 Å². The third-order valence-corrected chi connectivity index (χ3v) is 2.50. The number of amides is 1. The number of hydrogen-bond donors (Lipinski definition) is 2. The molecule has 17 heavy (non-hydrogen) atoms. The predicted octanol–water partition coefficient (Wildman–Crippen LogP) is 0.950. The van der Waals surface area contributed by atoms with E-state index >= 15 is 0 Å². The van der Waals surface area contributed by atoms with Crippen molar-refractivity contribution >= 4 is 11.9 Å². The third-order valence-electron chi connectivity index (χ3n) is 2.50.